The summed E-state index contributed by atoms with van der Waals surface area (Å²) in [6, 6.07) is 0. The molecule has 0 saturated carbocycles. The molecule has 0 radical (unpaired) electrons. The molecule has 0 bridgehead atoms. The van der Waals surface area contributed by atoms with Gasteiger partial charge < -0.3 is 6.90 Å². The van der Waals surface area contributed by atoms with Gasteiger partial charge in [0.25, 0.3) is 0 Å². The standard InChI is InChI=1S/Ce.Na.H2O.Ti.H/h;;1H2;;/q;+1;;;-1. The molecule has 1 nitrogen and oxygen atoms in total. The summed E-state index contributed by atoms with van der Waals surface area (Å²) in [7, 11) is 0. The van der Waals surface area contributed by atoms with Crippen LogP contribution in [0.3, 0.4) is 0 Å². The van der Waals surface area contributed by atoms with Gasteiger partial charge in [-0.25, -0.2) is 0 Å². The van der Waals surface area contributed by atoms with Crippen LogP contribution in [0.15, 0.2) is 0 Å². The summed E-state index contributed by atoms with van der Waals surface area (Å²) >= 11 is 0. The third kappa shape index (κ3) is 8.90. The Labute approximate surface area is 97.6 Å². The first kappa shape index (κ1) is 27.7. The maximum absolute atomic E-state index is 0. The van der Waals surface area contributed by atoms with Crippen LogP contribution in [0.4, 0.5) is 0 Å². The zero-order chi connectivity index (χ0) is 0. The molecule has 4 heavy (non-hydrogen) atoms. The molecule has 4 heteroatoms. The van der Waals surface area contributed by atoms with Crippen LogP contribution >= 0.6 is 0 Å². The van der Waals surface area contributed by atoms with Crippen molar-refractivity contribution < 1.29 is 99.9 Å². The minimum Gasteiger partial charge on any atom is -1.00 e. The van der Waals surface area contributed by atoms with Gasteiger partial charge in [-0.05, 0) is 0 Å². The normalized spacial score (nSPS) is 0. The monoisotopic (exact) mass is 230 g/mol. The summed E-state index contributed by atoms with van der Waals surface area (Å²) in [6.07, 6.45) is 0. The summed E-state index contributed by atoms with van der Waals surface area (Å²) in [6.45, 7) is 0. The van der Waals surface area contributed by atoms with Crippen LogP contribution in [0.1, 0.15) is 1.43 Å². The van der Waals surface area contributed by atoms with Crippen LogP contribution in [0.5, 0.6) is 0 Å². The molecular formula is H3CeNaOTi. The van der Waals surface area contributed by atoms with Crippen molar-refractivity contribution in [1.29, 1.82) is 0 Å². The number of hydrogen-bond acceptors (Lipinski definition) is 0. The van der Waals surface area contributed by atoms with E-state index in [2.05, 4.69) is 0 Å². The Morgan fingerprint density at radius 1 is 1.25 bits per heavy atom. The molecule has 0 spiro atoms. The van der Waals surface area contributed by atoms with Crippen molar-refractivity contribution in [2.24, 2.45) is 0 Å². The van der Waals surface area contributed by atoms with E-state index in [1.807, 2.05) is 0 Å². The molecule has 0 atom stereocenters. The fraction of sp³-hybridized carbons (Fsp3) is 0. The zero-order valence-electron chi connectivity index (χ0n) is 3.50. The van der Waals surface area contributed by atoms with Gasteiger partial charge in [0.05, 0.1) is 0 Å². The van der Waals surface area contributed by atoms with Gasteiger partial charge in [-0.3, -0.25) is 0 Å². The van der Waals surface area contributed by atoms with E-state index in [4.69, 9.17) is 0 Å². The quantitative estimate of drug-likeness (QED) is 0.383. The third-order valence-electron chi connectivity index (χ3n) is 0. The van der Waals surface area contributed by atoms with Crippen molar-refractivity contribution >= 4 is 0 Å². The van der Waals surface area contributed by atoms with Crippen LogP contribution in [-0.4, -0.2) is 5.48 Å². The van der Waals surface area contributed by atoms with Crippen LogP contribution in [0.25, 0.3) is 0 Å². The molecule has 0 aromatic carbocycles. The summed E-state index contributed by atoms with van der Waals surface area (Å²) in [5.74, 6) is 0. The maximum Gasteiger partial charge on any atom is 1.00 e. The molecular weight excluding hydrogens is 227 g/mol. The van der Waals surface area contributed by atoms with E-state index in [0.717, 1.165) is 0 Å². The Morgan fingerprint density at radius 2 is 1.25 bits per heavy atom. The van der Waals surface area contributed by atoms with Crippen molar-refractivity contribution in [2.75, 3.05) is 0 Å². The molecule has 0 aliphatic rings. The SMILES string of the molecule is O.[Ce].[H-].[Na+].[Ti]. The molecule has 0 unspecified atom stereocenters. The summed E-state index contributed by atoms with van der Waals surface area (Å²) in [5, 5.41) is 0. The second kappa shape index (κ2) is 16.6. The molecule has 0 aliphatic carbocycles. The van der Waals surface area contributed by atoms with Gasteiger partial charge in [0.15, 0.2) is 0 Å². The first-order valence-electron chi connectivity index (χ1n) is 0. The number of rotatable bonds is 0. The van der Waals surface area contributed by atoms with Gasteiger partial charge in [-0.2, -0.15) is 0 Å². The van der Waals surface area contributed by atoms with Crippen molar-refractivity contribution in [2.45, 2.75) is 0 Å². The first-order valence-corrected chi connectivity index (χ1v) is 0. The zero-order valence-corrected chi connectivity index (χ0v) is 9.20. The Bertz CT molecular complexity index is 11.6. The average molecular weight is 230 g/mol. The van der Waals surface area contributed by atoms with E-state index in [-0.39, 0.29) is 99.9 Å². The van der Waals surface area contributed by atoms with Crippen molar-refractivity contribution in [3.05, 3.63) is 0 Å². The Balaban J connectivity index is 0. The smallest absolute Gasteiger partial charge is 1.00 e. The maximum atomic E-state index is 0. The molecule has 18 valence electrons. The van der Waals surface area contributed by atoms with Gasteiger partial charge in [0, 0.05) is 63.5 Å². The first-order chi connectivity index (χ1) is 0. The van der Waals surface area contributed by atoms with Crippen molar-refractivity contribution in [3.63, 3.8) is 0 Å². The van der Waals surface area contributed by atoms with E-state index in [1.54, 1.807) is 0 Å². The molecule has 0 amide bonds. The van der Waals surface area contributed by atoms with Gasteiger partial charge in [0.1, 0.15) is 0 Å². The molecule has 0 saturated heterocycles. The Morgan fingerprint density at radius 3 is 1.25 bits per heavy atom. The van der Waals surface area contributed by atoms with Crippen LogP contribution in [0, 0.1) is 41.7 Å². The summed E-state index contributed by atoms with van der Waals surface area (Å²) < 4.78 is 0. The molecule has 0 heterocycles. The van der Waals surface area contributed by atoms with Crippen molar-refractivity contribution in [1.82, 2.24) is 0 Å². The number of hydrogen-bond donors (Lipinski definition) is 0. The largest absolute Gasteiger partial charge is 1.00 e. The molecule has 0 aromatic heterocycles. The van der Waals surface area contributed by atoms with Crippen LogP contribution < -0.4 is 29.6 Å². The molecule has 0 fully saturated rings. The Kier molecular flexibility index (Phi) is 115. The van der Waals surface area contributed by atoms with Crippen molar-refractivity contribution in [3.8, 4) is 0 Å². The second-order valence-corrected chi connectivity index (χ2v) is 0. The fourth-order valence-electron chi connectivity index (χ4n) is 0. The van der Waals surface area contributed by atoms with E-state index in [0.29, 0.717) is 0 Å². The summed E-state index contributed by atoms with van der Waals surface area (Å²) in [5.41, 5.74) is 0. The van der Waals surface area contributed by atoms with E-state index in [9.17, 15) is 0 Å². The van der Waals surface area contributed by atoms with E-state index in [1.165, 1.54) is 0 Å². The minimum atomic E-state index is 0. The molecule has 0 rings (SSSR count). The van der Waals surface area contributed by atoms with Crippen LogP contribution in [-0.2, 0) is 21.7 Å². The Hall–Kier alpha value is 3.05. The molecule has 0 aromatic rings. The molecule has 2 N–H and O–H groups in total. The predicted octanol–water partition coefficient (Wildman–Crippen LogP) is -3.71. The van der Waals surface area contributed by atoms with Gasteiger partial charge >= 0.3 is 29.6 Å². The fourth-order valence-corrected chi connectivity index (χ4v) is 0. The second-order valence-electron chi connectivity index (χ2n) is 0. The van der Waals surface area contributed by atoms with Gasteiger partial charge in [-0.15, -0.1) is 0 Å². The van der Waals surface area contributed by atoms with Gasteiger partial charge in [-0.1, -0.05) is 0 Å². The predicted molar refractivity (Wildman–Crippen MR) is 4.73 cm³/mol. The average Bonchev–Trinajstić information content (AvgIpc) is 0. The minimum absolute atomic E-state index is 0. The third-order valence-corrected chi connectivity index (χ3v) is 0. The topological polar surface area (TPSA) is 31.5 Å². The molecule has 0 aliphatic heterocycles. The van der Waals surface area contributed by atoms with E-state index < -0.39 is 0 Å². The van der Waals surface area contributed by atoms with Gasteiger partial charge in [0.2, 0.25) is 0 Å². The summed E-state index contributed by atoms with van der Waals surface area (Å²) in [4.78, 5) is 0. The van der Waals surface area contributed by atoms with E-state index >= 15 is 0 Å². The van der Waals surface area contributed by atoms with Crippen LogP contribution in [0.2, 0.25) is 0 Å².